The smallest absolute Gasteiger partial charge is 0.340 e. The molecule has 0 aliphatic carbocycles. The molecule has 4 heteroatoms. The molecule has 0 amide bonds. The zero-order chi connectivity index (χ0) is 13.5. The average Bonchev–Trinajstić information content (AvgIpc) is 2.47. The van der Waals surface area contributed by atoms with Crippen molar-refractivity contribution in [3.05, 3.63) is 29.8 Å². The Morgan fingerprint density at radius 1 is 1.37 bits per heavy atom. The number of carbonyl (C=O) groups is 1. The molecular weight excluding hydrogens is 240 g/mol. The number of rotatable bonds is 5. The minimum absolute atomic E-state index is 0.254. The molecule has 0 saturated carbocycles. The van der Waals surface area contributed by atoms with Crippen LogP contribution in [0.15, 0.2) is 24.3 Å². The van der Waals surface area contributed by atoms with Crippen molar-refractivity contribution >= 4 is 11.7 Å². The van der Waals surface area contributed by atoms with Gasteiger partial charge in [0.1, 0.15) is 0 Å². The lowest BCUT2D eigenvalue weighted by Gasteiger charge is -2.23. The second-order valence-electron chi connectivity index (χ2n) is 4.84. The second kappa shape index (κ2) is 7.14. The van der Waals surface area contributed by atoms with Crippen LogP contribution in [-0.4, -0.2) is 32.2 Å². The Kier molecular flexibility index (Phi) is 5.21. The Morgan fingerprint density at radius 2 is 2.11 bits per heavy atom. The van der Waals surface area contributed by atoms with Crippen LogP contribution in [0, 0.1) is 5.92 Å². The van der Waals surface area contributed by atoms with Gasteiger partial charge in [-0.05, 0) is 50.9 Å². The van der Waals surface area contributed by atoms with Crippen LogP contribution in [0.25, 0.3) is 0 Å². The summed E-state index contributed by atoms with van der Waals surface area (Å²) in [7, 11) is 0. The van der Waals surface area contributed by atoms with Crippen molar-refractivity contribution < 1.29 is 9.53 Å². The first-order valence-electron chi connectivity index (χ1n) is 7.02. The minimum atomic E-state index is -0.254. The van der Waals surface area contributed by atoms with Gasteiger partial charge in [-0.3, -0.25) is 0 Å². The first-order chi connectivity index (χ1) is 9.31. The highest BCUT2D eigenvalue weighted by molar-refractivity contribution is 5.95. The topological polar surface area (TPSA) is 50.4 Å². The number of hydrogen-bond donors (Lipinski definition) is 2. The second-order valence-corrected chi connectivity index (χ2v) is 4.84. The van der Waals surface area contributed by atoms with E-state index in [0.717, 1.165) is 25.3 Å². The van der Waals surface area contributed by atoms with E-state index in [0.29, 0.717) is 18.1 Å². The predicted molar refractivity (Wildman–Crippen MR) is 76.5 cm³/mol. The van der Waals surface area contributed by atoms with E-state index in [4.69, 9.17) is 4.74 Å². The molecule has 1 aromatic carbocycles. The molecular formula is C15H22N2O2. The zero-order valence-corrected chi connectivity index (χ0v) is 11.4. The summed E-state index contributed by atoms with van der Waals surface area (Å²) < 4.78 is 5.07. The molecule has 1 aliphatic heterocycles. The Labute approximate surface area is 114 Å². The van der Waals surface area contributed by atoms with Crippen molar-refractivity contribution in [3.63, 3.8) is 0 Å². The molecule has 104 valence electrons. The van der Waals surface area contributed by atoms with Gasteiger partial charge in [0.15, 0.2) is 0 Å². The third-order valence-corrected chi connectivity index (χ3v) is 3.46. The van der Waals surface area contributed by atoms with E-state index in [1.165, 1.54) is 12.8 Å². The third-order valence-electron chi connectivity index (χ3n) is 3.46. The molecule has 2 rings (SSSR count). The Hall–Kier alpha value is -1.55. The van der Waals surface area contributed by atoms with Crippen molar-refractivity contribution in [2.24, 2.45) is 5.92 Å². The molecule has 2 N–H and O–H groups in total. The Morgan fingerprint density at radius 3 is 2.84 bits per heavy atom. The first-order valence-corrected chi connectivity index (χ1v) is 7.02. The van der Waals surface area contributed by atoms with Gasteiger partial charge in [0.2, 0.25) is 0 Å². The number of anilines is 1. The minimum Gasteiger partial charge on any atom is -0.462 e. The summed E-state index contributed by atoms with van der Waals surface area (Å²) in [5, 5.41) is 6.75. The number of nitrogens with one attached hydrogen (secondary N) is 2. The lowest BCUT2D eigenvalue weighted by atomic mass is 9.98. The van der Waals surface area contributed by atoms with E-state index in [1.54, 1.807) is 0 Å². The molecule has 1 saturated heterocycles. The van der Waals surface area contributed by atoms with Crippen molar-refractivity contribution in [1.82, 2.24) is 5.32 Å². The van der Waals surface area contributed by atoms with Gasteiger partial charge < -0.3 is 15.4 Å². The van der Waals surface area contributed by atoms with Crippen molar-refractivity contribution in [1.29, 1.82) is 0 Å². The number of benzene rings is 1. The number of esters is 1. The third kappa shape index (κ3) is 3.96. The van der Waals surface area contributed by atoms with Gasteiger partial charge >= 0.3 is 5.97 Å². The van der Waals surface area contributed by atoms with E-state index in [1.807, 2.05) is 31.2 Å². The maximum absolute atomic E-state index is 11.8. The molecule has 0 spiro atoms. The molecule has 1 heterocycles. The highest BCUT2D eigenvalue weighted by atomic mass is 16.5. The van der Waals surface area contributed by atoms with Crippen molar-refractivity contribution in [3.8, 4) is 0 Å². The molecule has 19 heavy (non-hydrogen) atoms. The van der Waals surface area contributed by atoms with Gasteiger partial charge in [-0.2, -0.15) is 0 Å². The summed E-state index contributed by atoms with van der Waals surface area (Å²) in [5.74, 6) is 0.424. The molecule has 0 radical (unpaired) electrons. The summed E-state index contributed by atoms with van der Waals surface area (Å²) in [4.78, 5) is 11.8. The lowest BCUT2D eigenvalue weighted by Crippen LogP contribution is -2.31. The number of piperidine rings is 1. The summed E-state index contributed by atoms with van der Waals surface area (Å²) in [5.41, 5.74) is 1.50. The molecule has 1 fully saturated rings. The van der Waals surface area contributed by atoms with Crippen LogP contribution in [0.2, 0.25) is 0 Å². The largest absolute Gasteiger partial charge is 0.462 e. The fourth-order valence-electron chi connectivity index (χ4n) is 2.36. The summed E-state index contributed by atoms with van der Waals surface area (Å²) >= 11 is 0. The summed E-state index contributed by atoms with van der Waals surface area (Å²) in [6.07, 6.45) is 2.38. The fourth-order valence-corrected chi connectivity index (χ4v) is 2.36. The van der Waals surface area contributed by atoms with Crippen molar-refractivity contribution in [2.45, 2.75) is 19.8 Å². The van der Waals surface area contributed by atoms with E-state index in [-0.39, 0.29) is 5.97 Å². The molecule has 1 aliphatic rings. The van der Waals surface area contributed by atoms with Gasteiger partial charge in [-0.25, -0.2) is 4.79 Å². The van der Waals surface area contributed by atoms with Crippen LogP contribution in [0.3, 0.4) is 0 Å². The van der Waals surface area contributed by atoms with E-state index < -0.39 is 0 Å². The molecule has 0 bridgehead atoms. The first kappa shape index (κ1) is 13.9. The maximum Gasteiger partial charge on any atom is 0.340 e. The van der Waals surface area contributed by atoms with Crippen LogP contribution in [0.5, 0.6) is 0 Å². The zero-order valence-electron chi connectivity index (χ0n) is 11.4. The molecule has 1 aromatic rings. The fraction of sp³-hybridized carbons (Fsp3) is 0.533. The maximum atomic E-state index is 11.8. The van der Waals surface area contributed by atoms with Gasteiger partial charge in [0.25, 0.3) is 0 Å². The lowest BCUT2D eigenvalue weighted by molar-refractivity contribution is 0.0527. The van der Waals surface area contributed by atoms with E-state index in [9.17, 15) is 4.79 Å². The Bertz CT molecular complexity index is 414. The Balaban J connectivity index is 1.97. The van der Waals surface area contributed by atoms with E-state index in [2.05, 4.69) is 10.6 Å². The average molecular weight is 262 g/mol. The monoisotopic (exact) mass is 262 g/mol. The number of ether oxygens (including phenoxy) is 1. The predicted octanol–water partition coefficient (Wildman–Crippen LogP) is 2.27. The van der Waals surface area contributed by atoms with Crippen LogP contribution in [0.4, 0.5) is 5.69 Å². The highest BCUT2D eigenvalue weighted by Gasteiger charge is 2.15. The summed E-state index contributed by atoms with van der Waals surface area (Å²) in [6.45, 7) is 5.32. The molecule has 4 nitrogen and oxygen atoms in total. The van der Waals surface area contributed by atoms with Crippen molar-refractivity contribution in [2.75, 3.05) is 31.6 Å². The standard InChI is InChI=1S/C15H22N2O2/c1-2-19-15(18)13-5-3-4-6-14(13)17-11-12-7-9-16-10-8-12/h3-6,12,16-17H,2,7-11H2,1H3. The number of para-hydroxylation sites is 1. The molecule has 0 aromatic heterocycles. The van der Waals surface area contributed by atoms with Crippen LogP contribution in [-0.2, 0) is 4.74 Å². The molecule has 0 unspecified atom stereocenters. The van der Waals surface area contributed by atoms with Gasteiger partial charge in [-0.15, -0.1) is 0 Å². The van der Waals surface area contributed by atoms with Gasteiger partial charge in [-0.1, -0.05) is 12.1 Å². The van der Waals surface area contributed by atoms with Crippen LogP contribution < -0.4 is 10.6 Å². The normalized spacial score (nSPS) is 16.1. The number of hydrogen-bond acceptors (Lipinski definition) is 4. The summed E-state index contributed by atoms with van der Waals surface area (Å²) in [6, 6.07) is 7.55. The van der Waals surface area contributed by atoms with Gasteiger partial charge in [0, 0.05) is 12.2 Å². The van der Waals surface area contributed by atoms with Gasteiger partial charge in [0.05, 0.1) is 12.2 Å². The van der Waals surface area contributed by atoms with Crippen LogP contribution >= 0.6 is 0 Å². The quantitative estimate of drug-likeness (QED) is 0.799. The number of carbonyl (C=O) groups excluding carboxylic acids is 1. The van der Waals surface area contributed by atoms with E-state index >= 15 is 0 Å². The van der Waals surface area contributed by atoms with Crippen LogP contribution in [0.1, 0.15) is 30.1 Å². The highest BCUT2D eigenvalue weighted by Crippen LogP contribution is 2.18. The molecule has 0 atom stereocenters. The SMILES string of the molecule is CCOC(=O)c1ccccc1NCC1CCNCC1.